The van der Waals surface area contributed by atoms with E-state index in [0.29, 0.717) is 22.6 Å². The number of methoxy groups -OCH3 is 2. The Kier molecular flexibility index (Phi) is 5.71. The highest BCUT2D eigenvalue weighted by molar-refractivity contribution is 5.91. The van der Waals surface area contributed by atoms with E-state index in [2.05, 4.69) is 11.4 Å². The maximum absolute atomic E-state index is 12.9. The summed E-state index contributed by atoms with van der Waals surface area (Å²) in [5, 5.41) is 14.2. The average molecular weight is 389 g/mol. The number of nitrogens with two attached hydrogens (primary N) is 1. The highest BCUT2D eigenvalue weighted by atomic mass is 16.5. The Morgan fingerprint density at radius 1 is 1.14 bits per heavy atom. The minimum Gasteiger partial charge on any atom is -0.497 e. The van der Waals surface area contributed by atoms with Crippen molar-refractivity contribution >= 4 is 16.7 Å². The molecular formula is C23H23N3O3. The molecule has 0 saturated carbocycles. The van der Waals surface area contributed by atoms with Crippen LogP contribution in [0.5, 0.6) is 11.5 Å². The van der Waals surface area contributed by atoms with E-state index in [1.165, 1.54) is 7.11 Å². The predicted octanol–water partition coefficient (Wildman–Crippen LogP) is 3.22. The van der Waals surface area contributed by atoms with Gasteiger partial charge in [0, 0.05) is 12.1 Å². The number of hydrogen-bond donors (Lipinski definition) is 2. The quantitative estimate of drug-likeness (QED) is 0.675. The third-order valence-corrected chi connectivity index (χ3v) is 5.00. The van der Waals surface area contributed by atoms with Gasteiger partial charge in [-0.3, -0.25) is 4.79 Å². The minimum absolute atomic E-state index is 0.175. The van der Waals surface area contributed by atoms with Crippen LogP contribution in [0.1, 0.15) is 23.6 Å². The molecule has 3 aromatic rings. The number of rotatable bonds is 6. The molecule has 0 aromatic heterocycles. The number of fused-ring (bicyclic) bond motifs is 1. The number of carbonyl (C=O) groups excluding carboxylic acids is 1. The van der Waals surface area contributed by atoms with Gasteiger partial charge in [-0.15, -0.1) is 0 Å². The molecule has 1 unspecified atom stereocenters. The molecule has 0 radical (unpaired) electrons. The van der Waals surface area contributed by atoms with Gasteiger partial charge in [0.2, 0.25) is 5.91 Å². The second-order valence-electron chi connectivity index (χ2n) is 6.89. The fourth-order valence-corrected chi connectivity index (χ4v) is 3.32. The molecule has 0 aliphatic heterocycles. The third kappa shape index (κ3) is 3.86. The fourth-order valence-electron chi connectivity index (χ4n) is 3.32. The van der Waals surface area contributed by atoms with Gasteiger partial charge in [0.1, 0.15) is 23.1 Å². The van der Waals surface area contributed by atoms with Gasteiger partial charge in [0.15, 0.2) is 0 Å². The van der Waals surface area contributed by atoms with E-state index < -0.39 is 5.54 Å². The maximum atomic E-state index is 12.9. The molecule has 3 N–H and O–H groups in total. The van der Waals surface area contributed by atoms with Gasteiger partial charge < -0.3 is 20.5 Å². The summed E-state index contributed by atoms with van der Waals surface area (Å²) in [5.74, 6) is 0.729. The second-order valence-corrected chi connectivity index (χ2v) is 6.89. The molecule has 0 saturated heterocycles. The number of benzene rings is 3. The van der Waals surface area contributed by atoms with Crippen molar-refractivity contribution in [1.29, 1.82) is 5.26 Å². The van der Waals surface area contributed by atoms with Crippen molar-refractivity contribution in [1.82, 2.24) is 5.32 Å². The van der Waals surface area contributed by atoms with E-state index >= 15 is 0 Å². The highest BCUT2D eigenvalue weighted by Gasteiger charge is 2.31. The van der Waals surface area contributed by atoms with Gasteiger partial charge in [-0.2, -0.15) is 5.26 Å². The zero-order valence-electron chi connectivity index (χ0n) is 16.7. The Hall–Kier alpha value is -3.56. The lowest BCUT2D eigenvalue weighted by molar-refractivity contribution is -0.126. The third-order valence-electron chi connectivity index (χ3n) is 5.00. The van der Waals surface area contributed by atoms with Crippen LogP contribution in [0.4, 0.5) is 0 Å². The van der Waals surface area contributed by atoms with E-state index in [-0.39, 0.29) is 12.5 Å². The molecular weight excluding hydrogens is 366 g/mol. The molecule has 6 nitrogen and oxygen atoms in total. The van der Waals surface area contributed by atoms with Gasteiger partial charge in [-0.25, -0.2) is 0 Å². The van der Waals surface area contributed by atoms with E-state index in [1.807, 2.05) is 24.3 Å². The molecule has 0 aliphatic carbocycles. The molecule has 3 aromatic carbocycles. The van der Waals surface area contributed by atoms with E-state index in [4.69, 9.17) is 15.2 Å². The number of ether oxygens (including phenoxy) is 2. The lowest BCUT2D eigenvalue weighted by atomic mass is 9.91. The zero-order chi connectivity index (χ0) is 21.0. The van der Waals surface area contributed by atoms with Gasteiger partial charge >= 0.3 is 0 Å². The standard InChI is InChI=1S/C23H23N3O3/c1-23(25,17-8-6-9-18(12-17)28-2)22(27)26-14-20-19-10-5-4-7-15(19)11-16(13-24)21(20)29-3/h4-12H,14,25H2,1-3H3,(H,26,27). The van der Waals surface area contributed by atoms with Crippen molar-refractivity contribution in [2.24, 2.45) is 5.73 Å². The molecule has 0 aliphatic rings. The van der Waals surface area contributed by atoms with Gasteiger partial charge in [0.25, 0.3) is 0 Å². The predicted molar refractivity (Wildman–Crippen MR) is 112 cm³/mol. The number of amides is 1. The Labute approximate surface area is 169 Å². The highest BCUT2D eigenvalue weighted by Crippen LogP contribution is 2.32. The van der Waals surface area contributed by atoms with Crippen molar-refractivity contribution < 1.29 is 14.3 Å². The van der Waals surface area contributed by atoms with Crippen LogP contribution in [0, 0.1) is 11.3 Å². The van der Waals surface area contributed by atoms with Crippen LogP contribution in [-0.2, 0) is 16.9 Å². The molecule has 0 spiro atoms. The minimum atomic E-state index is -1.26. The number of nitrogens with zero attached hydrogens (tertiary/aromatic N) is 1. The number of nitrogens with one attached hydrogen (secondary N) is 1. The molecule has 0 fully saturated rings. The lowest BCUT2D eigenvalue weighted by Gasteiger charge is -2.25. The summed E-state index contributed by atoms with van der Waals surface area (Å²) < 4.78 is 10.7. The van der Waals surface area contributed by atoms with Gasteiger partial charge in [0.05, 0.1) is 19.8 Å². The first kappa shape index (κ1) is 20.2. The van der Waals surface area contributed by atoms with Crippen LogP contribution < -0.4 is 20.5 Å². The van der Waals surface area contributed by atoms with Crippen molar-refractivity contribution in [3.8, 4) is 17.6 Å². The topological polar surface area (TPSA) is 97.4 Å². The number of nitriles is 1. The molecule has 0 heterocycles. The van der Waals surface area contributed by atoms with Crippen molar-refractivity contribution in [3.63, 3.8) is 0 Å². The summed E-state index contributed by atoms with van der Waals surface area (Å²) in [4.78, 5) is 12.9. The fraction of sp³-hybridized carbons (Fsp3) is 0.217. The second kappa shape index (κ2) is 8.21. The molecule has 1 amide bonds. The lowest BCUT2D eigenvalue weighted by Crippen LogP contribution is -2.48. The first-order valence-electron chi connectivity index (χ1n) is 9.12. The average Bonchev–Trinajstić information content (AvgIpc) is 2.76. The molecule has 6 heteroatoms. The summed E-state index contributed by atoms with van der Waals surface area (Å²) in [6.45, 7) is 1.83. The zero-order valence-corrected chi connectivity index (χ0v) is 16.7. The molecule has 1 atom stereocenters. The first-order chi connectivity index (χ1) is 13.9. The molecule has 3 rings (SSSR count). The van der Waals surface area contributed by atoms with Crippen LogP contribution in [-0.4, -0.2) is 20.1 Å². The molecule has 0 bridgehead atoms. The normalized spacial score (nSPS) is 12.7. The maximum Gasteiger partial charge on any atom is 0.244 e. The number of hydrogen-bond acceptors (Lipinski definition) is 5. The van der Waals surface area contributed by atoms with E-state index in [9.17, 15) is 10.1 Å². The van der Waals surface area contributed by atoms with E-state index in [0.717, 1.165) is 16.3 Å². The van der Waals surface area contributed by atoms with Crippen molar-refractivity contribution in [3.05, 3.63) is 71.3 Å². The Morgan fingerprint density at radius 3 is 2.59 bits per heavy atom. The van der Waals surface area contributed by atoms with Crippen LogP contribution in [0.3, 0.4) is 0 Å². The largest absolute Gasteiger partial charge is 0.497 e. The molecule has 29 heavy (non-hydrogen) atoms. The smallest absolute Gasteiger partial charge is 0.244 e. The van der Waals surface area contributed by atoms with Gasteiger partial charge in [-0.05, 0) is 41.5 Å². The van der Waals surface area contributed by atoms with Crippen molar-refractivity contribution in [2.75, 3.05) is 14.2 Å². The molecule has 148 valence electrons. The van der Waals surface area contributed by atoms with Gasteiger partial charge in [-0.1, -0.05) is 36.4 Å². The Balaban J connectivity index is 1.93. The van der Waals surface area contributed by atoms with Crippen LogP contribution >= 0.6 is 0 Å². The van der Waals surface area contributed by atoms with Crippen molar-refractivity contribution in [2.45, 2.75) is 19.0 Å². The summed E-state index contributed by atoms with van der Waals surface area (Å²) in [7, 11) is 3.08. The summed E-state index contributed by atoms with van der Waals surface area (Å²) in [6.07, 6.45) is 0. The Morgan fingerprint density at radius 2 is 1.90 bits per heavy atom. The first-order valence-corrected chi connectivity index (χ1v) is 9.12. The van der Waals surface area contributed by atoms with Crippen LogP contribution in [0.25, 0.3) is 10.8 Å². The summed E-state index contributed by atoms with van der Waals surface area (Å²) in [5.41, 5.74) is 6.88. The van der Waals surface area contributed by atoms with Crippen LogP contribution in [0.15, 0.2) is 54.6 Å². The summed E-state index contributed by atoms with van der Waals surface area (Å²) in [6, 6.07) is 18.7. The SMILES string of the molecule is COc1cccc(C(C)(N)C(=O)NCc2c(OC)c(C#N)cc3ccccc23)c1. The summed E-state index contributed by atoms with van der Waals surface area (Å²) >= 11 is 0. The number of carbonyl (C=O) groups is 1. The van der Waals surface area contributed by atoms with E-state index in [1.54, 1.807) is 44.4 Å². The van der Waals surface area contributed by atoms with Crippen LogP contribution in [0.2, 0.25) is 0 Å². The monoisotopic (exact) mass is 389 g/mol. The Bertz CT molecular complexity index is 1100.